The Morgan fingerprint density at radius 2 is 2.15 bits per heavy atom. The lowest BCUT2D eigenvalue weighted by molar-refractivity contribution is -0.384. The summed E-state index contributed by atoms with van der Waals surface area (Å²) in [5.74, 6) is 0. The molecule has 0 atom stereocenters. The predicted molar refractivity (Wildman–Crippen MR) is 85.5 cm³/mol. The molecule has 20 heavy (non-hydrogen) atoms. The van der Waals surface area contributed by atoms with Gasteiger partial charge in [-0.05, 0) is 30.2 Å². The number of rotatable bonds is 6. The number of halogens is 2. The van der Waals surface area contributed by atoms with Crippen molar-refractivity contribution >= 4 is 44.6 Å². The van der Waals surface area contributed by atoms with E-state index in [-0.39, 0.29) is 5.69 Å². The number of nitrogens with one attached hydrogen (secondary N) is 1. The first kappa shape index (κ1) is 15.4. The van der Waals surface area contributed by atoms with Crippen LogP contribution in [0.3, 0.4) is 0 Å². The third-order valence-electron chi connectivity index (χ3n) is 2.74. The highest BCUT2D eigenvalue weighted by atomic mass is 79.9. The van der Waals surface area contributed by atoms with Crippen LogP contribution in [0.4, 0.5) is 5.69 Å². The van der Waals surface area contributed by atoms with E-state index < -0.39 is 4.92 Å². The van der Waals surface area contributed by atoms with E-state index in [2.05, 4.69) is 21.2 Å². The molecule has 106 valence electrons. The SMILES string of the molecule is O=[N+]([O-])c1ccc(CNCCc2ccc(Cl)s2)c(Br)c1. The monoisotopic (exact) mass is 374 g/mol. The Kier molecular flexibility index (Phi) is 5.54. The fourth-order valence-corrected chi connectivity index (χ4v) is 3.31. The van der Waals surface area contributed by atoms with Gasteiger partial charge in [0.1, 0.15) is 0 Å². The van der Waals surface area contributed by atoms with Crippen LogP contribution < -0.4 is 5.32 Å². The van der Waals surface area contributed by atoms with Crippen LogP contribution in [-0.4, -0.2) is 11.5 Å². The highest BCUT2D eigenvalue weighted by Gasteiger charge is 2.08. The van der Waals surface area contributed by atoms with Crippen molar-refractivity contribution in [3.8, 4) is 0 Å². The third kappa shape index (κ3) is 4.28. The molecule has 1 aromatic carbocycles. The van der Waals surface area contributed by atoms with Gasteiger partial charge in [-0.15, -0.1) is 11.3 Å². The number of hydrogen-bond donors (Lipinski definition) is 1. The van der Waals surface area contributed by atoms with Crippen LogP contribution in [0.15, 0.2) is 34.8 Å². The maximum absolute atomic E-state index is 10.6. The molecular weight excluding hydrogens is 364 g/mol. The summed E-state index contributed by atoms with van der Waals surface area (Å²) in [6, 6.07) is 8.72. The Bertz CT molecular complexity index is 618. The smallest absolute Gasteiger partial charge is 0.270 e. The molecular formula is C13H12BrClN2O2S. The third-order valence-corrected chi connectivity index (χ3v) is 4.77. The summed E-state index contributed by atoms with van der Waals surface area (Å²) in [7, 11) is 0. The van der Waals surface area contributed by atoms with E-state index in [1.54, 1.807) is 17.4 Å². The molecule has 1 heterocycles. The zero-order chi connectivity index (χ0) is 14.5. The van der Waals surface area contributed by atoms with Crippen molar-refractivity contribution in [2.45, 2.75) is 13.0 Å². The number of hydrogen-bond acceptors (Lipinski definition) is 4. The Morgan fingerprint density at radius 3 is 2.75 bits per heavy atom. The minimum absolute atomic E-state index is 0.0915. The molecule has 0 aliphatic carbocycles. The molecule has 2 rings (SSSR count). The van der Waals surface area contributed by atoms with Crippen LogP contribution >= 0.6 is 38.9 Å². The quantitative estimate of drug-likeness (QED) is 0.462. The van der Waals surface area contributed by atoms with Crippen LogP contribution in [0, 0.1) is 10.1 Å². The molecule has 2 aromatic rings. The van der Waals surface area contributed by atoms with Crippen molar-refractivity contribution in [3.05, 3.63) is 59.7 Å². The molecule has 7 heteroatoms. The Hall–Kier alpha value is -0.950. The van der Waals surface area contributed by atoms with Crippen molar-refractivity contribution in [2.24, 2.45) is 0 Å². The average molecular weight is 376 g/mol. The molecule has 0 bridgehead atoms. The lowest BCUT2D eigenvalue weighted by Crippen LogP contribution is -2.16. The topological polar surface area (TPSA) is 55.2 Å². The van der Waals surface area contributed by atoms with Crippen LogP contribution in [0.5, 0.6) is 0 Å². The zero-order valence-corrected chi connectivity index (χ0v) is 13.6. The van der Waals surface area contributed by atoms with Crippen molar-refractivity contribution in [1.29, 1.82) is 0 Å². The van der Waals surface area contributed by atoms with E-state index in [0.717, 1.165) is 27.3 Å². The minimum atomic E-state index is -0.400. The van der Waals surface area contributed by atoms with E-state index in [1.165, 1.54) is 17.0 Å². The highest BCUT2D eigenvalue weighted by Crippen LogP contribution is 2.23. The molecule has 0 aliphatic rings. The first-order valence-electron chi connectivity index (χ1n) is 5.94. The Morgan fingerprint density at radius 1 is 1.35 bits per heavy atom. The first-order chi connectivity index (χ1) is 9.56. The summed E-state index contributed by atoms with van der Waals surface area (Å²) in [6.07, 6.45) is 0.919. The fraction of sp³-hybridized carbons (Fsp3) is 0.231. The van der Waals surface area contributed by atoms with Gasteiger partial charge in [0.2, 0.25) is 0 Å². The van der Waals surface area contributed by atoms with Gasteiger partial charge >= 0.3 is 0 Å². The van der Waals surface area contributed by atoms with Crippen LogP contribution in [-0.2, 0) is 13.0 Å². The zero-order valence-electron chi connectivity index (χ0n) is 10.4. The molecule has 1 aromatic heterocycles. The lowest BCUT2D eigenvalue weighted by atomic mass is 10.2. The van der Waals surface area contributed by atoms with E-state index in [4.69, 9.17) is 11.6 Å². The number of thiophene rings is 1. The highest BCUT2D eigenvalue weighted by molar-refractivity contribution is 9.10. The van der Waals surface area contributed by atoms with Crippen molar-refractivity contribution in [3.63, 3.8) is 0 Å². The number of benzene rings is 1. The van der Waals surface area contributed by atoms with Gasteiger partial charge in [-0.1, -0.05) is 27.5 Å². The maximum Gasteiger partial charge on any atom is 0.270 e. The lowest BCUT2D eigenvalue weighted by Gasteiger charge is -2.06. The maximum atomic E-state index is 10.6. The van der Waals surface area contributed by atoms with Gasteiger partial charge in [-0.2, -0.15) is 0 Å². The molecule has 1 N–H and O–H groups in total. The van der Waals surface area contributed by atoms with Gasteiger partial charge in [-0.25, -0.2) is 0 Å². The van der Waals surface area contributed by atoms with Crippen molar-refractivity contribution in [1.82, 2.24) is 5.32 Å². The van der Waals surface area contributed by atoms with Crippen LogP contribution in [0.25, 0.3) is 0 Å². The molecule has 0 fully saturated rings. The van der Waals surface area contributed by atoms with Gasteiger partial charge in [0.05, 0.1) is 9.26 Å². The van der Waals surface area contributed by atoms with Gasteiger partial charge in [0, 0.05) is 34.6 Å². The van der Waals surface area contributed by atoms with Crippen LogP contribution in [0.1, 0.15) is 10.4 Å². The Labute approximate surface area is 134 Å². The predicted octanol–water partition coefficient (Wildman–Crippen LogP) is 4.40. The number of nitro benzene ring substituents is 1. The molecule has 4 nitrogen and oxygen atoms in total. The second-order valence-corrected chi connectivity index (χ2v) is 6.82. The van der Waals surface area contributed by atoms with Gasteiger partial charge < -0.3 is 5.32 Å². The summed E-state index contributed by atoms with van der Waals surface area (Å²) < 4.78 is 1.55. The fourth-order valence-electron chi connectivity index (χ4n) is 1.71. The van der Waals surface area contributed by atoms with Crippen molar-refractivity contribution in [2.75, 3.05) is 6.54 Å². The summed E-state index contributed by atoms with van der Waals surface area (Å²) in [6.45, 7) is 1.50. The summed E-state index contributed by atoms with van der Waals surface area (Å²) in [5, 5.41) is 14.0. The van der Waals surface area contributed by atoms with Gasteiger partial charge in [0.15, 0.2) is 0 Å². The minimum Gasteiger partial charge on any atom is -0.312 e. The first-order valence-corrected chi connectivity index (χ1v) is 7.93. The van der Waals surface area contributed by atoms with E-state index in [9.17, 15) is 10.1 Å². The number of nitro groups is 1. The van der Waals surface area contributed by atoms with Crippen molar-refractivity contribution < 1.29 is 4.92 Å². The standard InChI is InChI=1S/C13H12BrClN2O2S/c14-12-7-10(17(18)19)2-1-9(12)8-16-6-5-11-3-4-13(15)20-11/h1-4,7,16H,5-6,8H2. The number of non-ortho nitro benzene ring substituents is 1. The molecule has 0 spiro atoms. The van der Waals surface area contributed by atoms with Gasteiger partial charge in [0.25, 0.3) is 5.69 Å². The van der Waals surface area contributed by atoms with Gasteiger partial charge in [-0.3, -0.25) is 10.1 Å². The Balaban J connectivity index is 1.83. The molecule has 0 aliphatic heterocycles. The normalized spacial score (nSPS) is 10.7. The molecule has 0 saturated carbocycles. The molecule has 0 amide bonds. The second kappa shape index (κ2) is 7.17. The molecule has 0 saturated heterocycles. The largest absolute Gasteiger partial charge is 0.312 e. The van der Waals surface area contributed by atoms with E-state index >= 15 is 0 Å². The number of nitrogens with zero attached hydrogens (tertiary/aromatic N) is 1. The summed E-state index contributed by atoms with van der Waals surface area (Å²) in [5.41, 5.74) is 1.09. The average Bonchev–Trinajstić information content (AvgIpc) is 2.81. The summed E-state index contributed by atoms with van der Waals surface area (Å²) >= 11 is 10.8. The van der Waals surface area contributed by atoms with Crippen LogP contribution in [0.2, 0.25) is 4.34 Å². The molecule has 0 radical (unpaired) electrons. The summed E-state index contributed by atoms with van der Waals surface area (Å²) in [4.78, 5) is 11.5. The second-order valence-electron chi connectivity index (χ2n) is 4.17. The van der Waals surface area contributed by atoms with E-state index in [1.807, 2.05) is 12.1 Å². The molecule has 0 unspecified atom stereocenters. The van der Waals surface area contributed by atoms with E-state index in [0.29, 0.717) is 6.54 Å².